The third-order valence-electron chi connectivity index (χ3n) is 4.92. The van der Waals surface area contributed by atoms with Crippen LogP contribution in [0.5, 0.6) is 23.0 Å². The highest BCUT2D eigenvalue weighted by molar-refractivity contribution is 5.97. The third kappa shape index (κ3) is 3.09. The summed E-state index contributed by atoms with van der Waals surface area (Å²) >= 11 is 0. The lowest BCUT2D eigenvalue weighted by atomic mass is 9.99. The molecule has 2 aromatic carbocycles. The van der Waals surface area contributed by atoms with Crippen molar-refractivity contribution in [2.45, 2.75) is 30.7 Å². The van der Waals surface area contributed by atoms with Crippen LogP contribution in [0, 0.1) is 0 Å². The molecule has 1 saturated heterocycles. The molecule has 0 amide bonds. The average molecular weight is 422 g/mol. The predicted octanol–water partition coefficient (Wildman–Crippen LogP) is -0.758. The molecule has 0 bridgehead atoms. The molecule has 4 rings (SSSR count). The van der Waals surface area contributed by atoms with Crippen LogP contribution in [0.2, 0.25) is 0 Å². The molecule has 3 aromatic rings. The van der Waals surface area contributed by atoms with E-state index in [4.69, 9.17) is 13.9 Å². The molecule has 7 N–H and O–H groups in total. The molecule has 0 unspecified atom stereocenters. The second-order valence-electron chi connectivity index (χ2n) is 6.87. The van der Waals surface area contributed by atoms with E-state index in [-0.39, 0.29) is 33.4 Å². The van der Waals surface area contributed by atoms with E-state index in [1.165, 1.54) is 6.07 Å². The molecule has 1 aliphatic heterocycles. The second kappa shape index (κ2) is 7.31. The number of aromatic hydroxyl groups is 3. The zero-order valence-corrected chi connectivity index (χ0v) is 15.2. The number of hydrogen-bond donors (Lipinski definition) is 7. The zero-order chi connectivity index (χ0) is 21.7. The Labute approximate surface area is 167 Å². The summed E-state index contributed by atoms with van der Waals surface area (Å²) < 4.78 is 16.4. The van der Waals surface area contributed by atoms with Gasteiger partial charge in [-0.05, 0) is 18.2 Å². The van der Waals surface area contributed by atoms with Crippen molar-refractivity contribution < 1.29 is 49.6 Å². The Morgan fingerprint density at radius 2 is 1.67 bits per heavy atom. The lowest BCUT2D eigenvalue weighted by Gasteiger charge is -2.39. The minimum atomic E-state index is -1.72. The highest BCUT2D eigenvalue weighted by Crippen LogP contribution is 2.37. The van der Waals surface area contributed by atoms with Crippen LogP contribution in [0.3, 0.4) is 0 Å². The fraction of sp³-hybridized carbons (Fsp3) is 0.316. The Balaban J connectivity index is 1.86. The number of rotatable bonds is 3. The van der Waals surface area contributed by atoms with Crippen LogP contribution in [-0.2, 0) is 4.74 Å². The smallest absolute Gasteiger partial charge is 0.229 e. The first kappa shape index (κ1) is 20.2. The normalized spacial score (nSPS) is 26.9. The van der Waals surface area contributed by atoms with Crippen LogP contribution in [0.15, 0.2) is 33.5 Å². The maximum Gasteiger partial charge on any atom is 0.229 e. The van der Waals surface area contributed by atoms with Gasteiger partial charge in [-0.15, -0.1) is 0 Å². The van der Waals surface area contributed by atoms with E-state index in [1.807, 2.05) is 0 Å². The van der Waals surface area contributed by atoms with E-state index in [1.54, 1.807) is 0 Å². The van der Waals surface area contributed by atoms with Gasteiger partial charge in [0, 0.05) is 6.07 Å². The lowest BCUT2D eigenvalue weighted by Crippen LogP contribution is -2.60. The Morgan fingerprint density at radius 1 is 0.933 bits per heavy atom. The Bertz CT molecular complexity index is 1170. The van der Waals surface area contributed by atoms with Gasteiger partial charge in [-0.2, -0.15) is 0 Å². The number of phenolic OH excluding ortho intramolecular Hbond substituents is 3. The highest BCUT2D eigenvalue weighted by atomic mass is 16.7. The summed E-state index contributed by atoms with van der Waals surface area (Å²) in [6.45, 7) is -0.668. The number of ether oxygens (including phenoxy) is 2. The molecule has 0 aliphatic carbocycles. The summed E-state index contributed by atoms with van der Waals surface area (Å²) in [6, 6.07) is 4.33. The SMILES string of the molecule is O=c1c2cc(O)cc(O)c2oc2c(O[C@@H]3O[C@H](CO)[C@@H](O)[C@H](O)[C@H]3O)ccc(O)c12. The molecule has 0 radical (unpaired) electrons. The van der Waals surface area contributed by atoms with Gasteiger partial charge in [0.25, 0.3) is 0 Å². The van der Waals surface area contributed by atoms with Crippen molar-refractivity contribution in [3.63, 3.8) is 0 Å². The number of phenols is 3. The van der Waals surface area contributed by atoms with E-state index in [9.17, 15) is 40.5 Å². The predicted molar refractivity (Wildman–Crippen MR) is 99.4 cm³/mol. The van der Waals surface area contributed by atoms with E-state index < -0.39 is 54.2 Å². The van der Waals surface area contributed by atoms with Crippen LogP contribution in [0.4, 0.5) is 0 Å². The summed E-state index contributed by atoms with van der Waals surface area (Å²) in [4.78, 5) is 12.8. The van der Waals surface area contributed by atoms with Crippen LogP contribution < -0.4 is 10.2 Å². The fourth-order valence-electron chi connectivity index (χ4n) is 3.37. The first-order valence-electron chi connectivity index (χ1n) is 8.84. The molecule has 1 fully saturated rings. The topological polar surface area (TPSA) is 190 Å². The number of fused-ring (bicyclic) bond motifs is 2. The van der Waals surface area contributed by atoms with Crippen LogP contribution in [0.25, 0.3) is 21.9 Å². The van der Waals surface area contributed by atoms with Gasteiger partial charge < -0.3 is 49.6 Å². The highest BCUT2D eigenvalue weighted by Gasteiger charge is 2.45. The number of aliphatic hydroxyl groups is 4. The monoisotopic (exact) mass is 422 g/mol. The van der Waals surface area contributed by atoms with Gasteiger partial charge in [0.2, 0.25) is 11.7 Å². The number of benzene rings is 2. The van der Waals surface area contributed by atoms with Gasteiger partial charge >= 0.3 is 0 Å². The molecule has 160 valence electrons. The Hall–Kier alpha value is -3.09. The minimum Gasteiger partial charge on any atom is -0.508 e. The molecule has 2 heterocycles. The number of hydrogen-bond acceptors (Lipinski definition) is 11. The summed E-state index contributed by atoms with van der Waals surface area (Å²) in [5, 5.41) is 68.5. The fourth-order valence-corrected chi connectivity index (χ4v) is 3.37. The maximum absolute atomic E-state index is 12.8. The summed E-state index contributed by atoms with van der Waals surface area (Å²) in [6.07, 6.45) is -7.79. The van der Waals surface area contributed by atoms with E-state index in [0.29, 0.717) is 0 Å². The third-order valence-corrected chi connectivity index (χ3v) is 4.92. The zero-order valence-electron chi connectivity index (χ0n) is 15.2. The van der Waals surface area contributed by atoms with Gasteiger partial charge in [0.1, 0.15) is 41.3 Å². The van der Waals surface area contributed by atoms with Crippen LogP contribution in [-0.4, -0.2) is 73.1 Å². The molecule has 11 nitrogen and oxygen atoms in total. The minimum absolute atomic E-state index is 0.194. The molecular weight excluding hydrogens is 404 g/mol. The van der Waals surface area contributed by atoms with Gasteiger partial charge in [0.15, 0.2) is 22.7 Å². The van der Waals surface area contributed by atoms with Gasteiger partial charge in [0.05, 0.1) is 12.0 Å². The van der Waals surface area contributed by atoms with Crippen LogP contribution >= 0.6 is 0 Å². The van der Waals surface area contributed by atoms with Crippen molar-refractivity contribution in [3.05, 3.63) is 34.5 Å². The standard InChI is InChI=1S/C19H18O11/c20-5-11-14(25)15(26)16(27)19(29-11)28-10-2-1-8(22)12-13(24)7-3-6(21)4-9(23)17(7)30-18(10)12/h1-4,11,14-16,19-23,25-27H,5H2/t11-,14-,15+,16-,19-/m1/s1. The quantitative estimate of drug-likeness (QED) is 0.263. The van der Waals surface area contributed by atoms with E-state index in [0.717, 1.165) is 18.2 Å². The average Bonchev–Trinajstić information content (AvgIpc) is 2.71. The van der Waals surface area contributed by atoms with Gasteiger partial charge in [-0.3, -0.25) is 4.79 Å². The first-order valence-corrected chi connectivity index (χ1v) is 8.84. The van der Waals surface area contributed by atoms with Gasteiger partial charge in [-0.1, -0.05) is 0 Å². The summed E-state index contributed by atoms with van der Waals surface area (Å²) in [5.74, 6) is -1.59. The van der Waals surface area contributed by atoms with Crippen molar-refractivity contribution in [1.29, 1.82) is 0 Å². The van der Waals surface area contributed by atoms with E-state index in [2.05, 4.69) is 0 Å². The molecule has 5 atom stereocenters. The second-order valence-corrected chi connectivity index (χ2v) is 6.87. The molecule has 30 heavy (non-hydrogen) atoms. The molecule has 11 heteroatoms. The molecule has 0 saturated carbocycles. The van der Waals surface area contributed by atoms with E-state index >= 15 is 0 Å². The van der Waals surface area contributed by atoms with Crippen LogP contribution in [0.1, 0.15) is 0 Å². The molecule has 1 aliphatic rings. The van der Waals surface area contributed by atoms with Crippen molar-refractivity contribution in [3.8, 4) is 23.0 Å². The van der Waals surface area contributed by atoms with Crippen molar-refractivity contribution >= 4 is 21.9 Å². The number of aliphatic hydroxyl groups excluding tert-OH is 4. The first-order chi connectivity index (χ1) is 14.2. The summed E-state index contributed by atoms with van der Waals surface area (Å²) in [7, 11) is 0. The molecule has 0 spiro atoms. The summed E-state index contributed by atoms with van der Waals surface area (Å²) in [5.41, 5.74) is -1.35. The maximum atomic E-state index is 12.8. The van der Waals surface area contributed by atoms with Crippen molar-refractivity contribution in [1.82, 2.24) is 0 Å². The van der Waals surface area contributed by atoms with Gasteiger partial charge in [-0.25, -0.2) is 0 Å². The van der Waals surface area contributed by atoms with Crippen molar-refractivity contribution in [2.24, 2.45) is 0 Å². The molecular formula is C19H18O11. The van der Waals surface area contributed by atoms with Crippen molar-refractivity contribution in [2.75, 3.05) is 6.61 Å². The lowest BCUT2D eigenvalue weighted by molar-refractivity contribution is -0.277. The Morgan fingerprint density at radius 3 is 2.37 bits per heavy atom. The molecule has 1 aromatic heterocycles. The Kier molecular flexibility index (Phi) is 4.92. The largest absolute Gasteiger partial charge is 0.508 e.